The SMILES string of the molecule is COC(=O)c1cc(C(F)(F)F)cc(C#N)c1OC(F)F. The predicted octanol–water partition coefficient (Wildman–Crippen LogP) is 2.97. The van der Waals surface area contributed by atoms with Gasteiger partial charge in [0, 0.05) is 0 Å². The van der Waals surface area contributed by atoms with Crippen LogP contribution in [0, 0.1) is 11.3 Å². The molecule has 9 heteroatoms. The highest BCUT2D eigenvalue weighted by Gasteiger charge is 2.34. The van der Waals surface area contributed by atoms with Crippen molar-refractivity contribution < 1.29 is 36.2 Å². The van der Waals surface area contributed by atoms with Gasteiger partial charge in [-0.25, -0.2) is 4.79 Å². The topological polar surface area (TPSA) is 59.3 Å². The van der Waals surface area contributed by atoms with Gasteiger partial charge in [-0.2, -0.15) is 27.2 Å². The molecule has 0 unspecified atom stereocenters. The quantitative estimate of drug-likeness (QED) is 0.635. The van der Waals surface area contributed by atoms with E-state index in [1.165, 1.54) is 6.07 Å². The highest BCUT2D eigenvalue weighted by atomic mass is 19.4. The minimum Gasteiger partial charge on any atom is -0.465 e. The molecule has 0 fully saturated rings. The second-order valence-electron chi connectivity index (χ2n) is 3.38. The summed E-state index contributed by atoms with van der Waals surface area (Å²) < 4.78 is 70.3. The first-order valence-corrected chi connectivity index (χ1v) is 4.89. The van der Waals surface area contributed by atoms with Gasteiger partial charge in [0.25, 0.3) is 0 Å². The van der Waals surface area contributed by atoms with Crippen molar-refractivity contribution in [1.82, 2.24) is 0 Å². The maximum Gasteiger partial charge on any atom is 0.416 e. The van der Waals surface area contributed by atoms with Crippen molar-refractivity contribution in [1.29, 1.82) is 5.26 Å². The summed E-state index contributed by atoms with van der Waals surface area (Å²) in [4.78, 5) is 11.3. The normalized spacial score (nSPS) is 11.1. The Morgan fingerprint density at radius 2 is 1.95 bits per heavy atom. The molecule has 0 N–H and O–H groups in total. The molecule has 0 aliphatic carbocycles. The number of esters is 1. The minimum absolute atomic E-state index is 0.282. The number of carbonyl (C=O) groups is 1. The van der Waals surface area contributed by atoms with Crippen molar-refractivity contribution in [2.75, 3.05) is 7.11 Å². The zero-order valence-corrected chi connectivity index (χ0v) is 9.79. The Balaban J connectivity index is 3.57. The third-order valence-electron chi connectivity index (χ3n) is 2.15. The molecule has 0 aliphatic rings. The number of halogens is 5. The Morgan fingerprint density at radius 3 is 2.35 bits per heavy atom. The highest BCUT2D eigenvalue weighted by Crippen LogP contribution is 2.35. The lowest BCUT2D eigenvalue weighted by Gasteiger charge is -2.14. The Labute approximate surface area is 109 Å². The van der Waals surface area contributed by atoms with Gasteiger partial charge in [0.1, 0.15) is 11.6 Å². The fourth-order valence-corrected chi connectivity index (χ4v) is 1.35. The maximum absolute atomic E-state index is 12.6. The lowest BCUT2D eigenvalue weighted by atomic mass is 10.0. The number of hydrogen-bond donors (Lipinski definition) is 0. The molecule has 0 spiro atoms. The van der Waals surface area contributed by atoms with Crippen LogP contribution in [0.15, 0.2) is 12.1 Å². The molecular formula is C11H6F5NO3. The van der Waals surface area contributed by atoms with E-state index in [1.807, 2.05) is 0 Å². The molecule has 0 aliphatic heterocycles. The Hall–Kier alpha value is -2.37. The fourth-order valence-electron chi connectivity index (χ4n) is 1.35. The Kier molecular flexibility index (Phi) is 4.49. The third-order valence-corrected chi connectivity index (χ3v) is 2.15. The Morgan fingerprint density at radius 1 is 1.35 bits per heavy atom. The predicted molar refractivity (Wildman–Crippen MR) is 54.1 cm³/mol. The molecule has 0 saturated heterocycles. The van der Waals surface area contributed by atoms with Crippen LogP contribution in [-0.2, 0) is 10.9 Å². The molecule has 0 radical (unpaired) electrons. The molecule has 20 heavy (non-hydrogen) atoms. The van der Waals surface area contributed by atoms with Crippen LogP contribution in [0.3, 0.4) is 0 Å². The molecule has 0 amide bonds. The maximum atomic E-state index is 12.6. The van der Waals surface area contributed by atoms with Gasteiger partial charge in [-0.15, -0.1) is 0 Å². The van der Waals surface area contributed by atoms with Gasteiger partial charge < -0.3 is 9.47 Å². The van der Waals surface area contributed by atoms with Gasteiger partial charge >= 0.3 is 18.8 Å². The van der Waals surface area contributed by atoms with E-state index in [4.69, 9.17) is 5.26 Å². The van der Waals surface area contributed by atoms with E-state index in [-0.39, 0.29) is 6.07 Å². The van der Waals surface area contributed by atoms with Gasteiger partial charge in [-0.1, -0.05) is 0 Å². The lowest BCUT2D eigenvalue weighted by Crippen LogP contribution is -2.14. The van der Waals surface area contributed by atoms with Gasteiger partial charge in [0.2, 0.25) is 0 Å². The number of rotatable bonds is 3. The molecule has 1 rings (SSSR count). The number of hydrogen-bond acceptors (Lipinski definition) is 4. The average molecular weight is 295 g/mol. The van der Waals surface area contributed by atoms with Crippen molar-refractivity contribution in [3.63, 3.8) is 0 Å². The summed E-state index contributed by atoms with van der Waals surface area (Å²) in [5, 5.41) is 8.71. The van der Waals surface area contributed by atoms with Crippen LogP contribution in [0.5, 0.6) is 5.75 Å². The number of nitrogens with zero attached hydrogens (tertiary/aromatic N) is 1. The van der Waals surface area contributed by atoms with Crippen molar-refractivity contribution >= 4 is 5.97 Å². The third kappa shape index (κ3) is 3.34. The summed E-state index contributed by atoms with van der Waals surface area (Å²) in [6.45, 7) is -3.41. The summed E-state index contributed by atoms with van der Waals surface area (Å²) in [6.07, 6.45) is -4.86. The zero-order chi connectivity index (χ0) is 15.5. The van der Waals surface area contributed by atoms with E-state index in [0.29, 0.717) is 6.07 Å². The van der Waals surface area contributed by atoms with Gasteiger partial charge in [0.15, 0.2) is 5.75 Å². The number of ether oxygens (including phenoxy) is 2. The van der Waals surface area contributed by atoms with Crippen LogP contribution in [0.1, 0.15) is 21.5 Å². The minimum atomic E-state index is -4.86. The Bertz CT molecular complexity index is 562. The molecule has 0 aromatic heterocycles. The summed E-state index contributed by atoms with van der Waals surface area (Å²) in [6, 6.07) is 1.86. The van der Waals surface area contributed by atoms with Crippen molar-refractivity contribution in [3.05, 3.63) is 28.8 Å². The standard InChI is InChI=1S/C11H6F5NO3/c1-19-9(18)7-3-6(11(14,15)16)2-5(4-17)8(7)20-10(12)13/h2-3,10H,1H3. The molecule has 0 bridgehead atoms. The first-order chi connectivity index (χ1) is 9.20. The van der Waals surface area contributed by atoms with Crippen molar-refractivity contribution in [3.8, 4) is 11.8 Å². The average Bonchev–Trinajstić information content (AvgIpc) is 2.35. The van der Waals surface area contributed by atoms with E-state index in [9.17, 15) is 26.7 Å². The van der Waals surface area contributed by atoms with E-state index in [1.54, 1.807) is 0 Å². The number of alkyl halides is 5. The molecule has 0 heterocycles. The second kappa shape index (κ2) is 5.73. The molecule has 0 atom stereocenters. The fraction of sp³-hybridized carbons (Fsp3) is 0.273. The summed E-state index contributed by atoms with van der Waals surface area (Å²) in [5.74, 6) is -2.29. The molecule has 0 saturated carbocycles. The lowest BCUT2D eigenvalue weighted by molar-refractivity contribution is -0.137. The van der Waals surface area contributed by atoms with Crippen LogP contribution in [-0.4, -0.2) is 19.7 Å². The summed E-state index contributed by atoms with van der Waals surface area (Å²) >= 11 is 0. The monoisotopic (exact) mass is 295 g/mol. The molecule has 108 valence electrons. The van der Waals surface area contributed by atoms with Crippen LogP contribution in [0.25, 0.3) is 0 Å². The molecule has 4 nitrogen and oxygen atoms in total. The first kappa shape index (κ1) is 15.7. The van der Waals surface area contributed by atoms with E-state index < -0.39 is 41.2 Å². The van der Waals surface area contributed by atoms with Crippen LogP contribution in [0.4, 0.5) is 22.0 Å². The van der Waals surface area contributed by atoms with Crippen LogP contribution < -0.4 is 4.74 Å². The largest absolute Gasteiger partial charge is 0.465 e. The van der Waals surface area contributed by atoms with Gasteiger partial charge in [0.05, 0.1) is 18.2 Å². The zero-order valence-electron chi connectivity index (χ0n) is 9.79. The first-order valence-electron chi connectivity index (χ1n) is 4.89. The number of nitriles is 1. The van der Waals surface area contributed by atoms with Crippen molar-refractivity contribution in [2.24, 2.45) is 0 Å². The van der Waals surface area contributed by atoms with Crippen molar-refractivity contribution in [2.45, 2.75) is 12.8 Å². The highest BCUT2D eigenvalue weighted by molar-refractivity contribution is 5.93. The number of methoxy groups -OCH3 is 1. The van der Waals surface area contributed by atoms with Gasteiger partial charge in [-0.3, -0.25) is 0 Å². The summed E-state index contributed by atoms with van der Waals surface area (Å²) in [5.41, 5.74) is -3.10. The van der Waals surface area contributed by atoms with Crippen LogP contribution in [0.2, 0.25) is 0 Å². The van der Waals surface area contributed by atoms with E-state index >= 15 is 0 Å². The van der Waals surface area contributed by atoms with Crippen LogP contribution >= 0.6 is 0 Å². The number of carbonyl (C=O) groups excluding carboxylic acids is 1. The summed E-state index contributed by atoms with van der Waals surface area (Å²) in [7, 11) is 0.848. The van der Waals surface area contributed by atoms with E-state index in [0.717, 1.165) is 7.11 Å². The second-order valence-corrected chi connectivity index (χ2v) is 3.38. The van der Waals surface area contributed by atoms with E-state index in [2.05, 4.69) is 9.47 Å². The molecule has 1 aromatic rings. The van der Waals surface area contributed by atoms with Gasteiger partial charge in [-0.05, 0) is 12.1 Å². The molecular weight excluding hydrogens is 289 g/mol. The smallest absolute Gasteiger partial charge is 0.416 e. The number of benzene rings is 1. The molecule has 1 aromatic carbocycles.